The molecule has 0 amide bonds. The van der Waals surface area contributed by atoms with Crippen molar-refractivity contribution in [1.82, 2.24) is 9.55 Å². The van der Waals surface area contributed by atoms with Crippen LogP contribution in [0.15, 0.2) is 30.5 Å². The minimum atomic E-state index is -0.629. The molecular formula is C12H13N3O. The van der Waals surface area contributed by atoms with Gasteiger partial charge in [-0.3, -0.25) is 0 Å². The number of hydrogen-bond acceptors (Lipinski definition) is 3. The molecule has 4 nitrogen and oxygen atoms in total. The first-order chi connectivity index (χ1) is 7.81. The van der Waals surface area contributed by atoms with E-state index in [1.165, 1.54) is 5.56 Å². The van der Waals surface area contributed by atoms with Crippen LogP contribution in [-0.4, -0.2) is 21.2 Å². The van der Waals surface area contributed by atoms with Crippen molar-refractivity contribution in [3.05, 3.63) is 41.7 Å². The second kappa shape index (κ2) is 3.43. The SMILES string of the molecule is NCC(O)c1cnc2n1Cc1ccccc1-2. The van der Waals surface area contributed by atoms with Crippen LogP contribution in [0.4, 0.5) is 0 Å². The van der Waals surface area contributed by atoms with Crippen molar-refractivity contribution in [2.24, 2.45) is 5.73 Å². The Morgan fingerprint density at radius 3 is 3.06 bits per heavy atom. The lowest BCUT2D eigenvalue weighted by Gasteiger charge is -2.09. The third-order valence-corrected chi connectivity index (χ3v) is 3.04. The quantitative estimate of drug-likeness (QED) is 0.667. The van der Waals surface area contributed by atoms with Gasteiger partial charge in [-0.15, -0.1) is 0 Å². The van der Waals surface area contributed by atoms with Crippen LogP contribution in [-0.2, 0) is 6.54 Å². The number of hydrogen-bond donors (Lipinski definition) is 2. The summed E-state index contributed by atoms with van der Waals surface area (Å²) in [5.41, 5.74) is 8.67. The highest BCUT2D eigenvalue weighted by atomic mass is 16.3. The zero-order valence-corrected chi connectivity index (χ0v) is 8.80. The summed E-state index contributed by atoms with van der Waals surface area (Å²) in [6.45, 7) is 0.999. The van der Waals surface area contributed by atoms with Crippen molar-refractivity contribution in [2.75, 3.05) is 6.54 Å². The maximum absolute atomic E-state index is 9.78. The summed E-state index contributed by atoms with van der Waals surface area (Å²) < 4.78 is 2.03. The molecule has 16 heavy (non-hydrogen) atoms. The largest absolute Gasteiger partial charge is 0.385 e. The van der Waals surface area contributed by atoms with E-state index >= 15 is 0 Å². The number of rotatable bonds is 2. The molecule has 0 aliphatic carbocycles. The molecule has 0 radical (unpaired) electrons. The van der Waals surface area contributed by atoms with Crippen molar-refractivity contribution in [3.8, 4) is 11.4 Å². The van der Waals surface area contributed by atoms with Crippen molar-refractivity contribution in [1.29, 1.82) is 0 Å². The number of nitrogens with two attached hydrogens (primary N) is 1. The number of fused-ring (bicyclic) bond motifs is 3. The van der Waals surface area contributed by atoms with E-state index in [1.807, 2.05) is 16.7 Å². The molecule has 0 bridgehead atoms. The van der Waals surface area contributed by atoms with Crippen LogP contribution >= 0.6 is 0 Å². The van der Waals surface area contributed by atoms with Crippen LogP contribution in [0.25, 0.3) is 11.4 Å². The summed E-state index contributed by atoms with van der Waals surface area (Å²) in [5, 5.41) is 9.78. The van der Waals surface area contributed by atoms with Gasteiger partial charge in [0.05, 0.1) is 18.4 Å². The summed E-state index contributed by atoms with van der Waals surface area (Å²) in [6, 6.07) is 8.16. The lowest BCUT2D eigenvalue weighted by molar-refractivity contribution is 0.178. The fourth-order valence-corrected chi connectivity index (χ4v) is 2.20. The number of aliphatic hydroxyl groups excluding tert-OH is 1. The maximum atomic E-state index is 9.78. The first kappa shape index (κ1) is 9.57. The number of imidazole rings is 1. The number of nitrogens with zero attached hydrogens (tertiary/aromatic N) is 2. The molecule has 1 aromatic heterocycles. The highest BCUT2D eigenvalue weighted by Crippen LogP contribution is 2.32. The molecule has 82 valence electrons. The molecular weight excluding hydrogens is 202 g/mol. The van der Waals surface area contributed by atoms with Gasteiger partial charge in [0.15, 0.2) is 0 Å². The molecule has 1 unspecified atom stereocenters. The molecule has 0 saturated carbocycles. The van der Waals surface area contributed by atoms with E-state index in [4.69, 9.17) is 5.73 Å². The predicted octanol–water partition coefficient (Wildman–Crippen LogP) is 0.904. The third kappa shape index (κ3) is 1.20. The molecule has 3 N–H and O–H groups in total. The maximum Gasteiger partial charge on any atom is 0.140 e. The first-order valence-corrected chi connectivity index (χ1v) is 5.33. The average Bonchev–Trinajstić information content (AvgIpc) is 2.86. The van der Waals surface area contributed by atoms with E-state index in [0.717, 1.165) is 23.6 Å². The zero-order valence-electron chi connectivity index (χ0n) is 8.80. The lowest BCUT2D eigenvalue weighted by atomic mass is 10.1. The molecule has 0 saturated heterocycles. The molecule has 1 atom stereocenters. The normalized spacial score (nSPS) is 14.6. The predicted molar refractivity (Wildman–Crippen MR) is 60.8 cm³/mol. The minimum absolute atomic E-state index is 0.224. The van der Waals surface area contributed by atoms with Crippen LogP contribution in [0.5, 0.6) is 0 Å². The Morgan fingerprint density at radius 2 is 2.25 bits per heavy atom. The van der Waals surface area contributed by atoms with Crippen molar-refractivity contribution >= 4 is 0 Å². The van der Waals surface area contributed by atoms with E-state index in [9.17, 15) is 5.11 Å². The van der Waals surface area contributed by atoms with Crippen LogP contribution in [0.3, 0.4) is 0 Å². The third-order valence-electron chi connectivity index (χ3n) is 3.04. The summed E-state index contributed by atoms with van der Waals surface area (Å²) in [5.74, 6) is 0.929. The summed E-state index contributed by atoms with van der Waals surface area (Å²) in [4.78, 5) is 4.35. The molecule has 1 aliphatic heterocycles. The Labute approximate surface area is 93.4 Å². The summed E-state index contributed by atoms with van der Waals surface area (Å²) >= 11 is 0. The molecule has 1 aromatic carbocycles. The van der Waals surface area contributed by atoms with Crippen molar-refractivity contribution < 1.29 is 5.11 Å². The highest BCUT2D eigenvalue weighted by molar-refractivity contribution is 5.65. The van der Waals surface area contributed by atoms with Gasteiger partial charge < -0.3 is 15.4 Å². The van der Waals surface area contributed by atoms with Crippen molar-refractivity contribution in [2.45, 2.75) is 12.6 Å². The van der Waals surface area contributed by atoms with E-state index in [2.05, 4.69) is 17.1 Å². The van der Waals surface area contributed by atoms with Gasteiger partial charge in [-0.1, -0.05) is 24.3 Å². The number of benzene rings is 1. The van der Waals surface area contributed by atoms with E-state index in [1.54, 1.807) is 6.20 Å². The molecule has 2 heterocycles. The van der Waals surface area contributed by atoms with E-state index in [-0.39, 0.29) is 6.54 Å². The monoisotopic (exact) mass is 215 g/mol. The summed E-state index contributed by atoms with van der Waals surface area (Å²) in [7, 11) is 0. The Bertz CT molecular complexity index is 533. The van der Waals surface area contributed by atoms with Gasteiger partial charge in [0, 0.05) is 12.1 Å². The average molecular weight is 215 g/mol. The van der Waals surface area contributed by atoms with Gasteiger partial charge in [-0.25, -0.2) is 4.98 Å². The highest BCUT2D eigenvalue weighted by Gasteiger charge is 2.23. The van der Waals surface area contributed by atoms with Crippen LogP contribution in [0.2, 0.25) is 0 Å². The van der Waals surface area contributed by atoms with E-state index < -0.39 is 6.10 Å². The molecule has 3 rings (SSSR count). The van der Waals surface area contributed by atoms with Gasteiger partial charge >= 0.3 is 0 Å². The van der Waals surface area contributed by atoms with E-state index in [0.29, 0.717) is 0 Å². The molecule has 1 aliphatic rings. The minimum Gasteiger partial charge on any atom is -0.385 e. The van der Waals surface area contributed by atoms with Crippen LogP contribution < -0.4 is 5.73 Å². The smallest absolute Gasteiger partial charge is 0.140 e. The number of aromatic nitrogens is 2. The van der Waals surface area contributed by atoms with Crippen LogP contribution in [0.1, 0.15) is 17.4 Å². The molecule has 2 aromatic rings. The fraction of sp³-hybridized carbons (Fsp3) is 0.250. The number of aliphatic hydroxyl groups is 1. The zero-order chi connectivity index (χ0) is 11.1. The topological polar surface area (TPSA) is 64.1 Å². The Balaban J connectivity index is 2.11. The second-order valence-electron chi connectivity index (χ2n) is 4.00. The van der Waals surface area contributed by atoms with Gasteiger partial charge in [0.25, 0.3) is 0 Å². The Morgan fingerprint density at radius 1 is 1.44 bits per heavy atom. The van der Waals surface area contributed by atoms with Crippen molar-refractivity contribution in [3.63, 3.8) is 0 Å². The van der Waals surface area contributed by atoms with Gasteiger partial charge in [0.2, 0.25) is 0 Å². The second-order valence-corrected chi connectivity index (χ2v) is 4.00. The van der Waals surface area contributed by atoms with Gasteiger partial charge in [0.1, 0.15) is 11.9 Å². The molecule has 0 spiro atoms. The fourth-order valence-electron chi connectivity index (χ4n) is 2.20. The Hall–Kier alpha value is -1.65. The lowest BCUT2D eigenvalue weighted by Crippen LogP contribution is -2.15. The van der Waals surface area contributed by atoms with Crippen LogP contribution in [0, 0.1) is 0 Å². The Kier molecular flexibility index (Phi) is 2.05. The van der Waals surface area contributed by atoms with Gasteiger partial charge in [-0.2, -0.15) is 0 Å². The molecule has 0 fully saturated rings. The first-order valence-electron chi connectivity index (χ1n) is 5.33. The summed E-state index contributed by atoms with van der Waals surface area (Å²) in [6.07, 6.45) is 1.08. The molecule has 4 heteroatoms. The van der Waals surface area contributed by atoms with Gasteiger partial charge in [-0.05, 0) is 5.56 Å². The standard InChI is InChI=1S/C12H13N3O/c13-5-11(16)10-6-14-12-9-4-2-1-3-8(9)7-15(10)12/h1-4,6,11,16H,5,7,13H2.